The summed E-state index contributed by atoms with van der Waals surface area (Å²) in [7, 11) is 0. The Morgan fingerprint density at radius 3 is 2.46 bits per heavy atom. The van der Waals surface area contributed by atoms with Crippen LogP contribution in [-0.4, -0.2) is 24.2 Å². The average molecular weight is 572 g/mol. The van der Waals surface area contributed by atoms with Crippen molar-refractivity contribution in [2.75, 3.05) is 11.4 Å². The molecule has 0 N–H and O–H groups in total. The first kappa shape index (κ1) is 30.2. The fraction of sp³-hybridized carbons (Fsp3) is 0.371. The van der Waals surface area contributed by atoms with Gasteiger partial charge in [0.2, 0.25) is 11.7 Å². The first-order chi connectivity index (χ1) is 19.7. The molecule has 0 radical (unpaired) electrons. The van der Waals surface area contributed by atoms with Gasteiger partial charge in [-0.1, -0.05) is 67.4 Å². The third kappa shape index (κ3) is 8.38. The number of anilines is 1. The van der Waals surface area contributed by atoms with E-state index in [0.717, 1.165) is 23.1 Å². The van der Waals surface area contributed by atoms with E-state index in [-0.39, 0.29) is 5.91 Å². The third-order valence-corrected chi connectivity index (χ3v) is 7.68. The molecule has 0 unspecified atom stereocenters. The van der Waals surface area contributed by atoms with Crippen molar-refractivity contribution < 1.29 is 19.1 Å². The Morgan fingerprint density at radius 2 is 1.78 bits per heavy atom. The maximum Gasteiger partial charge on any atom is 0.345 e. The van der Waals surface area contributed by atoms with Crippen LogP contribution in [0.3, 0.4) is 0 Å². The predicted molar refractivity (Wildman–Crippen MR) is 165 cm³/mol. The number of amides is 1. The van der Waals surface area contributed by atoms with E-state index in [4.69, 9.17) is 21.1 Å². The van der Waals surface area contributed by atoms with Crippen molar-refractivity contribution in [3.63, 3.8) is 0 Å². The zero-order valence-electron chi connectivity index (χ0n) is 24.3. The van der Waals surface area contributed by atoms with E-state index in [1.54, 1.807) is 36.9 Å². The molecule has 2 aromatic carbocycles. The lowest BCUT2D eigenvalue weighted by Crippen LogP contribution is -2.39. The molecule has 0 spiro atoms. The van der Waals surface area contributed by atoms with Crippen molar-refractivity contribution in [2.45, 2.75) is 72.0 Å². The van der Waals surface area contributed by atoms with E-state index >= 15 is 0 Å². The molecule has 1 aliphatic carbocycles. The van der Waals surface area contributed by atoms with E-state index in [1.807, 2.05) is 62.4 Å². The second kappa shape index (κ2) is 13.7. The van der Waals surface area contributed by atoms with Gasteiger partial charge >= 0.3 is 5.97 Å². The molecular formula is C35H38ClNO4. The number of benzene rings is 2. The Bertz CT molecular complexity index is 1420. The summed E-state index contributed by atoms with van der Waals surface area (Å²) in [6.45, 7) is 7.68. The summed E-state index contributed by atoms with van der Waals surface area (Å²) >= 11 is 5.98. The van der Waals surface area contributed by atoms with Crippen LogP contribution in [0.1, 0.15) is 82.1 Å². The molecule has 0 aromatic heterocycles. The van der Waals surface area contributed by atoms with Gasteiger partial charge in [0, 0.05) is 48.2 Å². The number of cyclic esters (lactones) is 1. The number of carbonyl (C=O) groups excluding carboxylic acids is 2. The van der Waals surface area contributed by atoms with Crippen LogP contribution in [-0.2, 0) is 9.53 Å². The lowest BCUT2D eigenvalue weighted by atomic mass is 10.0. The highest BCUT2D eigenvalue weighted by molar-refractivity contribution is 6.30. The van der Waals surface area contributed by atoms with E-state index in [9.17, 15) is 9.59 Å². The minimum Gasteiger partial charge on any atom is -0.452 e. The quantitative estimate of drug-likeness (QED) is 0.181. The van der Waals surface area contributed by atoms with Gasteiger partial charge in [-0.2, -0.15) is 0 Å². The molecule has 41 heavy (non-hydrogen) atoms. The molecule has 1 aliphatic heterocycles. The summed E-state index contributed by atoms with van der Waals surface area (Å²) in [6.07, 6.45) is 14.2. The lowest BCUT2D eigenvalue weighted by molar-refractivity contribution is -0.127. The van der Waals surface area contributed by atoms with E-state index in [0.29, 0.717) is 40.9 Å². The van der Waals surface area contributed by atoms with Gasteiger partial charge in [-0.05, 0) is 74.2 Å². The van der Waals surface area contributed by atoms with Crippen LogP contribution in [0.25, 0.3) is 0 Å². The van der Waals surface area contributed by atoms with Gasteiger partial charge in [-0.25, -0.2) is 4.79 Å². The van der Waals surface area contributed by atoms with E-state index in [1.165, 1.54) is 25.7 Å². The zero-order chi connectivity index (χ0) is 29.4. The number of hydrogen-bond acceptors (Lipinski definition) is 4. The summed E-state index contributed by atoms with van der Waals surface area (Å²) < 4.78 is 11.3. The smallest absolute Gasteiger partial charge is 0.345 e. The SMILES string of the molecule is C\C=C(C#Cc1ccc(Cl)cc1)/C=C\C(=C/C)CN(C(=O)CCC1CCCC1)c1ccc2c(c1)OC(C)(C)OC2=O. The minimum atomic E-state index is -1.08. The van der Waals surface area contributed by atoms with Crippen LogP contribution in [0.15, 0.2) is 77.9 Å². The number of nitrogens with zero attached hydrogens (tertiary/aromatic N) is 1. The van der Waals surface area contributed by atoms with Gasteiger partial charge < -0.3 is 14.4 Å². The van der Waals surface area contributed by atoms with Gasteiger partial charge in [-0.3, -0.25) is 4.79 Å². The number of halogens is 1. The fourth-order valence-corrected chi connectivity index (χ4v) is 5.21. The van der Waals surface area contributed by atoms with Crippen molar-refractivity contribution >= 4 is 29.2 Å². The molecule has 1 fully saturated rings. The maximum absolute atomic E-state index is 13.7. The van der Waals surface area contributed by atoms with Crippen LogP contribution >= 0.6 is 11.6 Å². The second-order valence-corrected chi connectivity index (χ2v) is 11.4. The molecule has 0 saturated heterocycles. The number of esters is 1. The van der Waals surface area contributed by atoms with Crippen molar-refractivity contribution in [1.29, 1.82) is 0 Å². The van der Waals surface area contributed by atoms with Crippen molar-refractivity contribution in [2.24, 2.45) is 5.92 Å². The van der Waals surface area contributed by atoms with Crippen LogP contribution in [0.5, 0.6) is 5.75 Å². The Kier molecular flexibility index (Phi) is 10.1. The Labute approximate surface area is 248 Å². The van der Waals surface area contributed by atoms with Crippen LogP contribution < -0.4 is 9.64 Å². The predicted octanol–water partition coefficient (Wildman–Crippen LogP) is 8.43. The highest BCUT2D eigenvalue weighted by Crippen LogP contribution is 2.35. The first-order valence-electron chi connectivity index (χ1n) is 14.3. The topological polar surface area (TPSA) is 55.8 Å². The molecule has 1 saturated carbocycles. The van der Waals surface area contributed by atoms with Crippen LogP contribution in [0.4, 0.5) is 5.69 Å². The lowest BCUT2D eigenvalue weighted by Gasteiger charge is -2.32. The third-order valence-electron chi connectivity index (χ3n) is 7.43. The summed E-state index contributed by atoms with van der Waals surface area (Å²) in [6, 6.07) is 12.7. The van der Waals surface area contributed by atoms with Gasteiger partial charge in [0.1, 0.15) is 11.3 Å². The fourth-order valence-electron chi connectivity index (χ4n) is 5.09. The van der Waals surface area contributed by atoms with E-state index < -0.39 is 11.8 Å². The van der Waals surface area contributed by atoms with Crippen LogP contribution in [0, 0.1) is 17.8 Å². The molecular weight excluding hydrogens is 534 g/mol. The molecule has 2 aromatic rings. The van der Waals surface area contributed by atoms with Crippen molar-refractivity contribution in [3.8, 4) is 17.6 Å². The monoisotopic (exact) mass is 571 g/mol. The van der Waals surface area contributed by atoms with E-state index in [2.05, 4.69) is 11.8 Å². The molecule has 6 heteroatoms. The number of allylic oxidation sites excluding steroid dienone is 4. The Hall–Kier alpha value is -3.75. The first-order valence-corrected chi connectivity index (χ1v) is 14.7. The minimum absolute atomic E-state index is 0.0519. The molecule has 0 bridgehead atoms. The van der Waals surface area contributed by atoms with Gasteiger partial charge in [-0.15, -0.1) is 0 Å². The molecule has 0 atom stereocenters. The van der Waals surface area contributed by atoms with Crippen LogP contribution in [0.2, 0.25) is 5.02 Å². The Balaban J connectivity index is 1.56. The summed E-state index contributed by atoms with van der Waals surface area (Å²) in [5.41, 5.74) is 3.75. The summed E-state index contributed by atoms with van der Waals surface area (Å²) in [5.74, 6) is 5.95. The summed E-state index contributed by atoms with van der Waals surface area (Å²) in [4.78, 5) is 28.0. The highest BCUT2D eigenvalue weighted by atomic mass is 35.5. The van der Waals surface area contributed by atoms with Crippen molar-refractivity contribution in [3.05, 3.63) is 94.1 Å². The van der Waals surface area contributed by atoms with Crippen molar-refractivity contribution in [1.82, 2.24) is 0 Å². The highest BCUT2D eigenvalue weighted by Gasteiger charge is 2.34. The maximum atomic E-state index is 13.7. The van der Waals surface area contributed by atoms with Gasteiger partial charge in [0.25, 0.3) is 0 Å². The number of rotatable bonds is 8. The van der Waals surface area contributed by atoms with Gasteiger partial charge in [0.15, 0.2) is 0 Å². The number of ether oxygens (including phenoxy) is 2. The largest absolute Gasteiger partial charge is 0.452 e. The number of hydrogen-bond donors (Lipinski definition) is 0. The van der Waals surface area contributed by atoms with Gasteiger partial charge in [0.05, 0.1) is 6.54 Å². The number of fused-ring (bicyclic) bond motifs is 1. The molecule has 4 rings (SSSR count). The molecule has 2 aliphatic rings. The molecule has 1 amide bonds. The Morgan fingerprint density at radius 1 is 1.05 bits per heavy atom. The number of carbonyl (C=O) groups is 2. The zero-order valence-corrected chi connectivity index (χ0v) is 25.1. The second-order valence-electron chi connectivity index (χ2n) is 10.9. The molecule has 1 heterocycles. The molecule has 5 nitrogen and oxygen atoms in total. The summed E-state index contributed by atoms with van der Waals surface area (Å²) in [5, 5.41) is 0.677. The standard InChI is InChI=1S/C35H38ClNO4/c1-5-25(12-14-28-15-18-29(36)19-16-28)11-13-26(6-2)24-37(33(38)22-17-27-9-7-8-10-27)30-20-21-31-32(23-30)40-35(3,4)41-34(31)39/h5-6,11,13,15-16,18-21,23,27H,7-10,17,22,24H2,1-4H3/b13-11-,25-5+,26-6+. The normalized spacial score (nSPS) is 17.0. The molecule has 214 valence electrons. The average Bonchev–Trinajstić information content (AvgIpc) is 3.47.